The minimum absolute atomic E-state index is 0. The van der Waals surface area contributed by atoms with E-state index in [-0.39, 0.29) is 1.43 Å². The minimum Gasteiger partial charge on any atom is -0.106 e. The van der Waals surface area contributed by atoms with Crippen LogP contribution in [0.3, 0.4) is 0 Å². The van der Waals surface area contributed by atoms with Crippen LogP contribution >= 0.6 is 0 Å². The Hall–Kier alpha value is -0.260. The molecule has 0 aliphatic carbocycles. The summed E-state index contributed by atoms with van der Waals surface area (Å²) in [6.07, 6.45) is 0. The lowest BCUT2D eigenvalue weighted by molar-refractivity contribution is 1.50. The first-order valence-electron chi connectivity index (χ1n) is 1.50. The Balaban J connectivity index is -0.0000000133. The van der Waals surface area contributed by atoms with Crippen LogP contribution in [0.25, 0.3) is 0 Å². The van der Waals surface area contributed by atoms with E-state index in [9.17, 15) is 0 Å². The molecule has 0 radical (unpaired) electrons. The van der Waals surface area contributed by atoms with Crippen molar-refractivity contribution in [2.24, 2.45) is 0 Å². The maximum atomic E-state index is 3.00. The van der Waals surface area contributed by atoms with E-state index in [2.05, 4.69) is 13.2 Å². The van der Waals surface area contributed by atoms with Crippen LogP contribution in [0.4, 0.5) is 0 Å². The maximum absolute atomic E-state index is 3.00. The Kier molecular flexibility index (Phi) is 285. The quantitative estimate of drug-likeness (QED) is 0.375. The van der Waals surface area contributed by atoms with Crippen LogP contribution < -0.4 is 0 Å². The van der Waals surface area contributed by atoms with Crippen LogP contribution in [0.15, 0.2) is 13.2 Å². The fourth-order valence-corrected chi connectivity index (χ4v) is 0. The first-order chi connectivity index (χ1) is 2.00. The molecular formula is C4H12. The summed E-state index contributed by atoms with van der Waals surface area (Å²) in [6, 6.07) is 0. The van der Waals surface area contributed by atoms with Gasteiger partial charge in [0.2, 0.25) is 0 Å². The second-order valence-electron chi connectivity index (χ2n) is 0. The highest BCUT2D eigenvalue weighted by Crippen LogP contribution is 1.14. The van der Waals surface area contributed by atoms with Crippen molar-refractivity contribution in [1.29, 1.82) is 0 Å². The zero-order chi connectivity index (χ0) is 4.00. The molecule has 0 aliphatic heterocycles. The van der Waals surface area contributed by atoms with Crippen molar-refractivity contribution >= 4 is 0 Å². The van der Waals surface area contributed by atoms with Gasteiger partial charge in [0.25, 0.3) is 0 Å². The van der Waals surface area contributed by atoms with Crippen molar-refractivity contribution in [3.63, 3.8) is 0 Å². The molecular weight excluding hydrogens is 48.0 g/mol. The molecule has 0 amide bonds. The molecule has 0 aromatic rings. The topological polar surface area (TPSA) is 0 Å². The zero-order valence-corrected chi connectivity index (χ0v) is 3.41. The fraction of sp³-hybridized carbons (Fsp3) is 0.500. The molecule has 28 valence electrons. The highest BCUT2D eigenvalue weighted by molar-refractivity contribution is 4.22. The molecule has 0 rings (SSSR count). The number of hydrogen-bond acceptors (Lipinski definition) is 0. The standard InChI is InChI=1S/C2H6.C2H4.H2/c2*1-2;/h1-2H3;1-2H2;1H. The van der Waals surface area contributed by atoms with Gasteiger partial charge < -0.3 is 0 Å². The molecule has 0 saturated carbocycles. The fourth-order valence-electron chi connectivity index (χ4n) is 0. The lowest BCUT2D eigenvalue weighted by Gasteiger charge is -1.07. The first kappa shape index (κ1) is 9.27. The molecule has 0 spiro atoms. The van der Waals surface area contributed by atoms with Crippen molar-refractivity contribution in [3.8, 4) is 0 Å². The van der Waals surface area contributed by atoms with E-state index in [1.54, 1.807) is 0 Å². The van der Waals surface area contributed by atoms with Gasteiger partial charge in [0.05, 0.1) is 0 Å². The van der Waals surface area contributed by atoms with Gasteiger partial charge in [-0.25, -0.2) is 0 Å². The van der Waals surface area contributed by atoms with Crippen molar-refractivity contribution in [3.05, 3.63) is 13.2 Å². The number of rotatable bonds is 0. The third-order valence-electron chi connectivity index (χ3n) is 0. The lowest BCUT2D eigenvalue weighted by atomic mass is 11.0. The second-order valence-corrected chi connectivity index (χ2v) is 0. The molecule has 0 atom stereocenters. The van der Waals surface area contributed by atoms with Gasteiger partial charge in [0.1, 0.15) is 0 Å². The molecule has 0 N–H and O–H groups in total. The smallest absolute Gasteiger partial charge is 0 e. The second kappa shape index (κ2) is 123. The molecule has 0 bridgehead atoms. The van der Waals surface area contributed by atoms with Gasteiger partial charge in [-0.15, -0.1) is 13.2 Å². The maximum Gasteiger partial charge on any atom is 0 e. The normalized spacial score (nSPS) is 2.50. The van der Waals surface area contributed by atoms with Crippen molar-refractivity contribution in [1.82, 2.24) is 0 Å². The first-order valence-corrected chi connectivity index (χ1v) is 1.50. The molecule has 0 heterocycles. The predicted octanol–water partition coefficient (Wildman–Crippen LogP) is 2.07. The Morgan fingerprint density at radius 1 is 1.25 bits per heavy atom. The van der Waals surface area contributed by atoms with Crippen LogP contribution in [0.2, 0.25) is 0 Å². The molecule has 0 heteroatoms. The van der Waals surface area contributed by atoms with Crippen LogP contribution in [0.1, 0.15) is 15.3 Å². The third kappa shape index (κ3) is 14.1. The van der Waals surface area contributed by atoms with Gasteiger partial charge >= 0.3 is 0 Å². The Morgan fingerprint density at radius 2 is 1.25 bits per heavy atom. The van der Waals surface area contributed by atoms with E-state index in [4.69, 9.17) is 0 Å². The molecule has 0 unspecified atom stereocenters. The molecule has 0 aromatic carbocycles. The van der Waals surface area contributed by atoms with E-state index in [1.165, 1.54) is 0 Å². The average molecular weight is 60.1 g/mol. The Labute approximate surface area is 29.6 Å². The van der Waals surface area contributed by atoms with E-state index in [0.29, 0.717) is 0 Å². The van der Waals surface area contributed by atoms with E-state index >= 15 is 0 Å². The van der Waals surface area contributed by atoms with Crippen molar-refractivity contribution in [2.75, 3.05) is 0 Å². The zero-order valence-electron chi connectivity index (χ0n) is 3.41. The van der Waals surface area contributed by atoms with Gasteiger partial charge in [-0.2, -0.15) is 0 Å². The molecule has 4 heavy (non-hydrogen) atoms. The van der Waals surface area contributed by atoms with Gasteiger partial charge in [0.15, 0.2) is 0 Å². The molecule has 0 fully saturated rings. The van der Waals surface area contributed by atoms with Crippen LogP contribution in [-0.2, 0) is 0 Å². The van der Waals surface area contributed by atoms with Gasteiger partial charge in [0, 0.05) is 1.43 Å². The SMILES string of the molecule is C=C.CC.[HH]. The minimum atomic E-state index is 0. The summed E-state index contributed by atoms with van der Waals surface area (Å²) < 4.78 is 0. The van der Waals surface area contributed by atoms with E-state index in [0.717, 1.165) is 0 Å². The summed E-state index contributed by atoms with van der Waals surface area (Å²) in [5, 5.41) is 0. The Bertz CT molecular complexity index is 3.61. The summed E-state index contributed by atoms with van der Waals surface area (Å²) in [4.78, 5) is 0. The summed E-state index contributed by atoms with van der Waals surface area (Å²) in [5.41, 5.74) is 0. The summed E-state index contributed by atoms with van der Waals surface area (Å²) in [6.45, 7) is 10.0. The third-order valence-corrected chi connectivity index (χ3v) is 0. The molecule has 0 aliphatic rings. The summed E-state index contributed by atoms with van der Waals surface area (Å²) in [5.74, 6) is 0. The highest BCUT2D eigenvalue weighted by atomic mass is 13.0. The monoisotopic (exact) mass is 60.1 g/mol. The largest absolute Gasteiger partial charge is 0.106 e. The van der Waals surface area contributed by atoms with Crippen molar-refractivity contribution in [2.45, 2.75) is 13.8 Å². The van der Waals surface area contributed by atoms with E-state index < -0.39 is 0 Å². The highest BCUT2D eigenvalue weighted by Gasteiger charge is 0.932. The molecule has 0 aromatic heterocycles. The van der Waals surface area contributed by atoms with Crippen LogP contribution in [0, 0.1) is 0 Å². The lowest BCUT2D eigenvalue weighted by Crippen LogP contribution is -0.856. The Morgan fingerprint density at radius 3 is 1.25 bits per heavy atom. The summed E-state index contributed by atoms with van der Waals surface area (Å²) in [7, 11) is 0. The van der Waals surface area contributed by atoms with Gasteiger partial charge in [-0.05, 0) is 0 Å². The molecule has 0 nitrogen and oxygen atoms in total. The molecule has 0 saturated heterocycles. The average Bonchev–Trinajstić information content (AvgIpc) is 1.50. The van der Waals surface area contributed by atoms with Gasteiger partial charge in [-0.1, -0.05) is 13.8 Å². The van der Waals surface area contributed by atoms with E-state index in [1.807, 2.05) is 13.8 Å². The summed E-state index contributed by atoms with van der Waals surface area (Å²) >= 11 is 0. The van der Waals surface area contributed by atoms with Gasteiger partial charge in [-0.3, -0.25) is 0 Å². The van der Waals surface area contributed by atoms with Crippen molar-refractivity contribution < 1.29 is 1.43 Å². The van der Waals surface area contributed by atoms with Crippen LogP contribution in [-0.4, -0.2) is 0 Å². The number of hydrogen-bond donors (Lipinski definition) is 0. The van der Waals surface area contributed by atoms with Crippen LogP contribution in [0.5, 0.6) is 0 Å². The predicted molar refractivity (Wildman–Crippen MR) is 24.7 cm³/mol.